The van der Waals surface area contributed by atoms with E-state index in [4.69, 9.17) is 4.74 Å². The van der Waals surface area contributed by atoms with Crippen LogP contribution in [0.4, 0.5) is 0 Å². The molecule has 0 bridgehead atoms. The number of unbranched alkanes of at least 4 members (excludes halogenated alkanes) is 1. The van der Waals surface area contributed by atoms with Gasteiger partial charge in [0.05, 0.1) is 6.20 Å². The Morgan fingerprint density at radius 1 is 1.14 bits per heavy atom. The van der Waals surface area contributed by atoms with E-state index < -0.39 is 0 Å². The van der Waals surface area contributed by atoms with Crippen molar-refractivity contribution < 1.29 is 4.74 Å². The van der Waals surface area contributed by atoms with Crippen LogP contribution >= 0.6 is 0 Å². The molecule has 0 N–H and O–H groups in total. The first kappa shape index (κ1) is 13.5. The van der Waals surface area contributed by atoms with Crippen LogP contribution in [-0.4, -0.2) is 19.6 Å². The minimum absolute atomic E-state index is 0.495. The lowest BCUT2D eigenvalue weighted by Crippen LogP contribution is -2.04. The lowest BCUT2D eigenvalue weighted by atomic mass is 10.2. The minimum atomic E-state index is 0.495. The topological polar surface area (TPSA) is 52.3 Å². The maximum atomic E-state index is 5.92. The second-order valence-electron chi connectivity index (χ2n) is 4.93. The molecule has 0 saturated carbocycles. The summed E-state index contributed by atoms with van der Waals surface area (Å²) in [6, 6.07) is 7.77. The van der Waals surface area contributed by atoms with Crippen molar-refractivity contribution in [3.05, 3.63) is 54.1 Å². The number of aromatic nitrogens is 4. The molecule has 0 saturated heterocycles. The average Bonchev–Trinajstić information content (AvgIpc) is 3.00. The van der Waals surface area contributed by atoms with E-state index in [1.165, 1.54) is 0 Å². The number of hydrogen-bond donors (Lipinski definition) is 0. The molecule has 5 heteroatoms. The van der Waals surface area contributed by atoms with E-state index in [0.717, 1.165) is 42.0 Å². The first-order valence-corrected chi connectivity index (χ1v) is 7.22. The van der Waals surface area contributed by atoms with Crippen LogP contribution in [0.25, 0.3) is 5.65 Å². The Morgan fingerprint density at radius 2 is 2.00 bits per heavy atom. The van der Waals surface area contributed by atoms with E-state index in [1.807, 2.05) is 24.3 Å². The van der Waals surface area contributed by atoms with E-state index in [-0.39, 0.29) is 0 Å². The lowest BCUT2D eigenvalue weighted by molar-refractivity contribution is 0.285. The maximum Gasteiger partial charge on any atom is 0.218 e. The maximum absolute atomic E-state index is 5.92. The monoisotopic (exact) mass is 282 g/mol. The van der Waals surface area contributed by atoms with E-state index in [1.54, 1.807) is 23.1 Å². The van der Waals surface area contributed by atoms with Gasteiger partial charge in [0.25, 0.3) is 0 Å². The van der Waals surface area contributed by atoms with Crippen LogP contribution in [0, 0.1) is 0 Å². The summed E-state index contributed by atoms with van der Waals surface area (Å²) < 4.78 is 7.65. The number of nitrogens with zero attached hydrogens (tertiary/aromatic N) is 4. The Labute approximate surface area is 123 Å². The zero-order valence-electron chi connectivity index (χ0n) is 12.1. The fourth-order valence-electron chi connectivity index (χ4n) is 2.16. The molecule has 0 spiro atoms. The van der Waals surface area contributed by atoms with Gasteiger partial charge in [-0.2, -0.15) is 9.61 Å². The van der Waals surface area contributed by atoms with E-state index in [9.17, 15) is 0 Å². The van der Waals surface area contributed by atoms with Crippen LogP contribution in [-0.2, 0) is 13.0 Å². The largest absolute Gasteiger partial charge is 0.473 e. The summed E-state index contributed by atoms with van der Waals surface area (Å²) in [4.78, 5) is 8.61. The van der Waals surface area contributed by atoms with E-state index in [0.29, 0.717) is 6.61 Å². The van der Waals surface area contributed by atoms with Gasteiger partial charge in [-0.3, -0.25) is 4.98 Å². The number of aryl methyl sites for hydroxylation is 1. The van der Waals surface area contributed by atoms with Gasteiger partial charge in [-0.15, -0.1) is 0 Å². The van der Waals surface area contributed by atoms with Gasteiger partial charge in [-0.25, -0.2) is 4.98 Å². The molecule has 0 fully saturated rings. The van der Waals surface area contributed by atoms with Crippen molar-refractivity contribution in [3.8, 4) is 5.88 Å². The summed E-state index contributed by atoms with van der Waals surface area (Å²) in [6.07, 6.45) is 8.51. The summed E-state index contributed by atoms with van der Waals surface area (Å²) in [5.41, 5.74) is 2.96. The van der Waals surface area contributed by atoms with Crippen LogP contribution in [0.15, 0.2) is 42.9 Å². The predicted octanol–water partition coefficient (Wildman–Crippen LogP) is 3.05. The van der Waals surface area contributed by atoms with Crippen molar-refractivity contribution >= 4 is 5.65 Å². The van der Waals surface area contributed by atoms with Gasteiger partial charge in [0.2, 0.25) is 5.88 Å². The third-order valence-corrected chi connectivity index (χ3v) is 3.30. The molecule has 0 aliphatic rings. The minimum Gasteiger partial charge on any atom is -0.473 e. The molecular formula is C16H18N4O. The van der Waals surface area contributed by atoms with Gasteiger partial charge in [-0.05, 0) is 30.5 Å². The molecule has 3 aromatic rings. The van der Waals surface area contributed by atoms with Gasteiger partial charge in [0.1, 0.15) is 6.61 Å². The van der Waals surface area contributed by atoms with Crippen LogP contribution < -0.4 is 4.74 Å². The molecular weight excluding hydrogens is 264 g/mol. The molecule has 3 rings (SSSR count). The summed E-state index contributed by atoms with van der Waals surface area (Å²) >= 11 is 0. The van der Waals surface area contributed by atoms with Crippen LogP contribution in [0.1, 0.15) is 31.0 Å². The standard InChI is InChI=1S/C16H18N4O/c1-2-3-4-14-11-16(20-15(19-14)7-10-18-20)21-12-13-5-8-17-9-6-13/h5-11H,2-4,12H2,1H3. The molecule has 3 aromatic heterocycles. The second kappa shape index (κ2) is 6.35. The molecule has 0 aliphatic heterocycles. The van der Waals surface area contributed by atoms with E-state index >= 15 is 0 Å². The molecule has 0 amide bonds. The summed E-state index contributed by atoms with van der Waals surface area (Å²) in [7, 11) is 0. The highest BCUT2D eigenvalue weighted by Gasteiger charge is 2.07. The SMILES string of the molecule is CCCCc1cc(OCc2ccncc2)n2nccc2n1. The van der Waals surface area contributed by atoms with Gasteiger partial charge < -0.3 is 4.74 Å². The molecule has 3 heterocycles. The van der Waals surface area contributed by atoms with E-state index in [2.05, 4.69) is 22.0 Å². The highest BCUT2D eigenvalue weighted by Crippen LogP contribution is 2.17. The van der Waals surface area contributed by atoms with Crippen molar-refractivity contribution in [3.63, 3.8) is 0 Å². The van der Waals surface area contributed by atoms with Crippen molar-refractivity contribution in [1.82, 2.24) is 19.6 Å². The molecule has 0 atom stereocenters. The fourth-order valence-corrected chi connectivity index (χ4v) is 2.16. The zero-order valence-corrected chi connectivity index (χ0v) is 12.1. The Hall–Kier alpha value is -2.43. The normalized spacial score (nSPS) is 10.9. The fraction of sp³-hybridized carbons (Fsp3) is 0.312. The first-order valence-electron chi connectivity index (χ1n) is 7.22. The number of hydrogen-bond acceptors (Lipinski definition) is 4. The number of pyridine rings is 1. The highest BCUT2D eigenvalue weighted by atomic mass is 16.5. The Kier molecular flexibility index (Phi) is 4.09. The van der Waals surface area contributed by atoms with Gasteiger partial charge in [0.15, 0.2) is 5.65 Å². The molecule has 21 heavy (non-hydrogen) atoms. The van der Waals surface area contributed by atoms with Crippen LogP contribution in [0.2, 0.25) is 0 Å². The Balaban J connectivity index is 1.83. The lowest BCUT2D eigenvalue weighted by Gasteiger charge is -2.09. The van der Waals surface area contributed by atoms with Crippen LogP contribution in [0.3, 0.4) is 0 Å². The smallest absolute Gasteiger partial charge is 0.218 e. The first-order chi connectivity index (χ1) is 10.4. The summed E-state index contributed by atoms with van der Waals surface area (Å²) in [5.74, 6) is 0.730. The predicted molar refractivity (Wildman–Crippen MR) is 80.2 cm³/mol. The molecule has 0 radical (unpaired) electrons. The molecule has 0 aromatic carbocycles. The van der Waals surface area contributed by atoms with Crippen molar-refractivity contribution in [2.75, 3.05) is 0 Å². The van der Waals surface area contributed by atoms with Crippen LogP contribution in [0.5, 0.6) is 5.88 Å². The summed E-state index contributed by atoms with van der Waals surface area (Å²) in [6.45, 7) is 2.67. The zero-order chi connectivity index (χ0) is 14.5. The highest BCUT2D eigenvalue weighted by molar-refractivity contribution is 5.41. The van der Waals surface area contributed by atoms with Gasteiger partial charge in [0, 0.05) is 30.2 Å². The number of rotatable bonds is 6. The van der Waals surface area contributed by atoms with Crippen molar-refractivity contribution in [2.45, 2.75) is 32.8 Å². The molecule has 5 nitrogen and oxygen atoms in total. The number of fused-ring (bicyclic) bond motifs is 1. The summed E-state index contributed by atoms with van der Waals surface area (Å²) in [5, 5.41) is 4.27. The van der Waals surface area contributed by atoms with Crippen molar-refractivity contribution in [1.29, 1.82) is 0 Å². The Morgan fingerprint density at radius 3 is 2.81 bits per heavy atom. The van der Waals surface area contributed by atoms with Gasteiger partial charge >= 0.3 is 0 Å². The molecule has 0 unspecified atom stereocenters. The molecule has 0 aliphatic carbocycles. The third kappa shape index (κ3) is 3.18. The molecule has 108 valence electrons. The number of ether oxygens (including phenoxy) is 1. The second-order valence-corrected chi connectivity index (χ2v) is 4.93. The third-order valence-electron chi connectivity index (χ3n) is 3.30. The average molecular weight is 282 g/mol. The van der Waals surface area contributed by atoms with Crippen molar-refractivity contribution in [2.24, 2.45) is 0 Å². The Bertz CT molecular complexity index is 709. The van der Waals surface area contributed by atoms with Gasteiger partial charge in [-0.1, -0.05) is 13.3 Å². The quantitative estimate of drug-likeness (QED) is 0.697.